The molecule has 3 aromatic rings. The number of nitrogens with zero attached hydrogens (tertiary/aromatic N) is 4. The fourth-order valence-corrected chi connectivity index (χ4v) is 3.39. The highest BCUT2D eigenvalue weighted by Gasteiger charge is 2.18. The summed E-state index contributed by atoms with van der Waals surface area (Å²) in [5.74, 6) is 0.185. The number of ketones is 1. The predicted octanol–water partition coefficient (Wildman–Crippen LogP) is 0.946. The fourth-order valence-electron chi connectivity index (χ4n) is 2.53. The monoisotopic (exact) mass is 344 g/mol. The van der Waals surface area contributed by atoms with E-state index in [9.17, 15) is 14.4 Å². The highest BCUT2D eigenvalue weighted by molar-refractivity contribution is 7.99. The van der Waals surface area contributed by atoms with Crippen LogP contribution in [0.4, 0.5) is 0 Å². The topological polar surface area (TPSA) is 78.9 Å². The quantitative estimate of drug-likeness (QED) is 0.520. The molecule has 0 amide bonds. The Hall–Kier alpha value is -2.61. The van der Waals surface area contributed by atoms with Crippen LogP contribution in [0.5, 0.6) is 0 Å². The molecular formula is C16H16N4O3S. The maximum absolute atomic E-state index is 12.2. The highest BCUT2D eigenvalue weighted by Crippen LogP contribution is 2.21. The number of Topliss-reactive ketones (excluding diaryl/α,β-unsaturated/α-hetero) is 1. The Balaban J connectivity index is 1.97. The summed E-state index contributed by atoms with van der Waals surface area (Å²) in [6.45, 7) is 0. The first kappa shape index (κ1) is 16.3. The smallest absolute Gasteiger partial charge is 0.308 e. The summed E-state index contributed by atoms with van der Waals surface area (Å²) in [5, 5.41) is 0.521. The molecule has 0 aliphatic carbocycles. The van der Waals surface area contributed by atoms with Crippen molar-refractivity contribution in [3.63, 3.8) is 0 Å². The first-order valence-corrected chi connectivity index (χ1v) is 8.24. The second-order valence-electron chi connectivity index (χ2n) is 5.41. The van der Waals surface area contributed by atoms with Crippen LogP contribution in [0.3, 0.4) is 0 Å². The van der Waals surface area contributed by atoms with Gasteiger partial charge in [0.25, 0.3) is 5.56 Å². The van der Waals surface area contributed by atoms with E-state index in [1.54, 1.807) is 30.8 Å². The summed E-state index contributed by atoms with van der Waals surface area (Å²) in [5.41, 5.74) is 0.443. The molecule has 0 unspecified atom stereocenters. The van der Waals surface area contributed by atoms with Crippen molar-refractivity contribution < 1.29 is 4.79 Å². The lowest BCUT2D eigenvalue weighted by atomic mass is 10.2. The van der Waals surface area contributed by atoms with Crippen molar-refractivity contribution in [2.45, 2.75) is 5.16 Å². The molecule has 0 atom stereocenters. The molecule has 8 heteroatoms. The van der Waals surface area contributed by atoms with Crippen LogP contribution in [0.2, 0.25) is 0 Å². The van der Waals surface area contributed by atoms with Crippen molar-refractivity contribution in [1.82, 2.24) is 18.7 Å². The number of hydrogen-bond acceptors (Lipinski definition) is 5. The Morgan fingerprint density at radius 2 is 1.71 bits per heavy atom. The number of aryl methyl sites for hydroxylation is 2. The fraction of sp³-hybridized carbons (Fsp3) is 0.250. The second kappa shape index (κ2) is 6.12. The van der Waals surface area contributed by atoms with E-state index in [1.807, 2.05) is 18.2 Å². The predicted molar refractivity (Wildman–Crippen MR) is 92.7 cm³/mol. The first-order chi connectivity index (χ1) is 11.4. The normalized spacial score (nSPS) is 11.1. The maximum Gasteiger partial charge on any atom is 0.332 e. The molecule has 0 bridgehead atoms. The Labute approximate surface area is 141 Å². The minimum atomic E-state index is -0.440. The van der Waals surface area contributed by atoms with Gasteiger partial charge < -0.3 is 4.57 Å². The molecule has 3 rings (SSSR count). The third-order valence-electron chi connectivity index (χ3n) is 3.85. The maximum atomic E-state index is 12.2. The van der Waals surface area contributed by atoms with Gasteiger partial charge in [-0.1, -0.05) is 42.1 Å². The molecule has 0 aliphatic heterocycles. The molecular weight excluding hydrogens is 328 g/mol. The lowest BCUT2D eigenvalue weighted by molar-refractivity contribution is 0.102. The van der Waals surface area contributed by atoms with Gasteiger partial charge >= 0.3 is 5.69 Å². The molecule has 0 saturated carbocycles. The van der Waals surface area contributed by atoms with Gasteiger partial charge in [-0.25, -0.2) is 9.78 Å². The van der Waals surface area contributed by atoms with Gasteiger partial charge in [0.1, 0.15) is 0 Å². The molecule has 0 aliphatic rings. The summed E-state index contributed by atoms with van der Waals surface area (Å²) in [4.78, 5) is 40.8. The summed E-state index contributed by atoms with van der Waals surface area (Å²) in [7, 11) is 4.74. The molecule has 2 aromatic heterocycles. The summed E-state index contributed by atoms with van der Waals surface area (Å²) in [6.07, 6.45) is 0. The molecule has 1 aromatic carbocycles. The van der Waals surface area contributed by atoms with E-state index in [-0.39, 0.29) is 17.1 Å². The van der Waals surface area contributed by atoms with E-state index >= 15 is 0 Å². The van der Waals surface area contributed by atoms with Crippen molar-refractivity contribution in [2.75, 3.05) is 5.75 Å². The number of thioether (sulfide) groups is 1. The molecule has 0 fully saturated rings. The molecule has 0 N–H and O–H groups in total. The van der Waals surface area contributed by atoms with E-state index in [0.717, 1.165) is 4.57 Å². The van der Waals surface area contributed by atoms with Crippen molar-refractivity contribution in [3.05, 3.63) is 56.7 Å². The Bertz CT molecular complexity index is 1050. The van der Waals surface area contributed by atoms with Gasteiger partial charge in [-0.2, -0.15) is 0 Å². The van der Waals surface area contributed by atoms with Crippen LogP contribution in [0.25, 0.3) is 11.2 Å². The van der Waals surface area contributed by atoms with Gasteiger partial charge in [-0.15, -0.1) is 0 Å². The molecule has 7 nitrogen and oxygen atoms in total. The zero-order valence-corrected chi connectivity index (χ0v) is 14.3. The van der Waals surface area contributed by atoms with Crippen LogP contribution >= 0.6 is 11.8 Å². The molecule has 0 saturated heterocycles. The van der Waals surface area contributed by atoms with Crippen molar-refractivity contribution >= 4 is 28.7 Å². The first-order valence-electron chi connectivity index (χ1n) is 7.25. The van der Waals surface area contributed by atoms with Crippen LogP contribution < -0.4 is 11.2 Å². The zero-order valence-electron chi connectivity index (χ0n) is 13.5. The average molecular weight is 344 g/mol. The minimum Gasteiger partial charge on any atom is -0.308 e. The van der Waals surface area contributed by atoms with E-state index in [1.165, 1.54) is 23.4 Å². The summed E-state index contributed by atoms with van der Waals surface area (Å²) in [6, 6.07) is 9.00. The van der Waals surface area contributed by atoms with Crippen LogP contribution in [-0.4, -0.2) is 30.2 Å². The number of rotatable bonds is 4. The molecule has 124 valence electrons. The molecule has 2 heterocycles. The number of imidazole rings is 1. The number of aromatic nitrogens is 4. The van der Waals surface area contributed by atoms with Gasteiger partial charge in [-0.05, 0) is 0 Å². The van der Waals surface area contributed by atoms with Gasteiger partial charge in [0.15, 0.2) is 22.1 Å². The van der Waals surface area contributed by atoms with Gasteiger partial charge in [0.05, 0.1) is 5.75 Å². The summed E-state index contributed by atoms with van der Waals surface area (Å²) < 4.78 is 4.08. The van der Waals surface area contributed by atoms with Crippen LogP contribution in [0.15, 0.2) is 45.1 Å². The standard InChI is InChI=1S/C16H16N4O3S/c1-18-13-12(14(22)20(3)16(23)19(13)2)17-15(18)24-9-11(21)10-7-5-4-6-8-10/h4-8H,9H2,1-3H3. The number of fused-ring (bicyclic) bond motifs is 1. The van der Waals surface area contributed by atoms with Crippen molar-refractivity contribution in [3.8, 4) is 0 Å². The number of carbonyl (C=O) groups is 1. The van der Waals surface area contributed by atoms with Gasteiger partial charge in [0.2, 0.25) is 0 Å². The van der Waals surface area contributed by atoms with E-state index in [4.69, 9.17) is 0 Å². The number of hydrogen-bond donors (Lipinski definition) is 0. The highest BCUT2D eigenvalue weighted by atomic mass is 32.2. The third-order valence-corrected chi connectivity index (χ3v) is 4.88. The zero-order chi connectivity index (χ0) is 17.4. The van der Waals surface area contributed by atoms with Crippen LogP contribution in [0.1, 0.15) is 10.4 Å². The second-order valence-corrected chi connectivity index (χ2v) is 6.35. The van der Waals surface area contributed by atoms with Crippen LogP contribution in [-0.2, 0) is 21.1 Å². The number of carbonyl (C=O) groups excluding carboxylic acids is 1. The Kier molecular flexibility index (Phi) is 4.15. The number of benzene rings is 1. The van der Waals surface area contributed by atoms with E-state index in [2.05, 4.69) is 4.98 Å². The van der Waals surface area contributed by atoms with E-state index < -0.39 is 11.2 Å². The van der Waals surface area contributed by atoms with Gasteiger partial charge in [0, 0.05) is 26.7 Å². The SMILES string of the molecule is Cn1c(=O)c2nc(SCC(=O)c3ccccc3)n(C)c2n(C)c1=O. The lowest BCUT2D eigenvalue weighted by Gasteiger charge is -2.06. The Morgan fingerprint density at radius 3 is 2.38 bits per heavy atom. The third kappa shape index (κ3) is 2.58. The molecule has 0 radical (unpaired) electrons. The molecule has 24 heavy (non-hydrogen) atoms. The van der Waals surface area contributed by atoms with E-state index in [0.29, 0.717) is 16.4 Å². The lowest BCUT2D eigenvalue weighted by Crippen LogP contribution is -2.37. The average Bonchev–Trinajstić information content (AvgIpc) is 2.93. The van der Waals surface area contributed by atoms with Gasteiger partial charge in [-0.3, -0.25) is 18.7 Å². The van der Waals surface area contributed by atoms with Crippen molar-refractivity contribution in [2.24, 2.45) is 21.1 Å². The van der Waals surface area contributed by atoms with Crippen LogP contribution in [0, 0.1) is 0 Å². The summed E-state index contributed by atoms with van der Waals surface area (Å²) >= 11 is 1.24. The van der Waals surface area contributed by atoms with Crippen molar-refractivity contribution in [1.29, 1.82) is 0 Å². The largest absolute Gasteiger partial charge is 0.332 e. The minimum absolute atomic E-state index is 0.0190. The Morgan fingerprint density at radius 1 is 1.04 bits per heavy atom. The molecule has 0 spiro atoms.